The van der Waals surface area contributed by atoms with Crippen LogP contribution in [-0.2, 0) is 25.7 Å². The van der Waals surface area contributed by atoms with E-state index in [0.717, 1.165) is 16.4 Å². The number of alkyl halides is 3. The molecular weight excluding hydrogens is 397 g/mol. The van der Waals surface area contributed by atoms with E-state index in [2.05, 4.69) is 0 Å². The Morgan fingerprint density at radius 1 is 1.23 bits per heavy atom. The lowest BCUT2D eigenvalue weighted by Gasteiger charge is -2.33. The Labute approximate surface area is 154 Å². The minimum Gasteiger partial charge on any atom is -0.465 e. The van der Waals surface area contributed by atoms with E-state index >= 15 is 0 Å². The predicted molar refractivity (Wildman–Crippen MR) is 88.3 cm³/mol. The topological polar surface area (TPSA) is 66.9 Å². The number of halogens is 4. The number of benzene rings is 1. The van der Waals surface area contributed by atoms with Crippen LogP contribution in [0, 0.1) is 0 Å². The monoisotopic (exact) mass is 414 g/mol. The van der Waals surface area contributed by atoms with Gasteiger partial charge in [-0.3, -0.25) is 9.69 Å². The molecule has 0 N–H and O–H groups in total. The molecule has 0 saturated carbocycles. The van der Waals surface area contributed by atoms with Crippen LogP contribution >= 0.6 is 11.6 Å². The number of hydrogen-bond donors (Lipinski definition) is 0. The summed E-state index contributed by atoms with van der Waals surface area (Å²) in [7, 11) is -4.18. The number of nitrogens with zero attached hydrogens (tertiary/aromatic N) is 2. The lowest BCUT2D eigenvalue weighted by Crippen LogP contribution is -2.50. The minimum absolute atomic E-state index is 0.0338. The number of piperazine rings is 1. The maximum Gasteiger partial charge on any atom is 0.416 e. The van der Waals surface area contributed by atoms with E-state index in [1.165, 1.54) is 0 Å². The largest absolute Gasteiger partial charge is 0.465 e. The van der Waals surface area contributed by atoms with Crippen LogP contribution in [0.2, 0.25) is 5.02 Å². The Morgan fingerprint density at radius 3 is 2.38 bits per heavy atom. The van der Waals surface area contributed by atoms with Gasteiger partial charge in [0.1, 0.15) is 4.90 Å². The third kappa shape index (κ3) is 4.87. The van der Waals surface area contributed by atoms with Gasteiger partial charge in [-0.05, 0) is 25.1 Å². The van der Waals surface area contributed by atoms with Crippen molar-refractivity contribution in [3.8, 4) is 0 Å². The maximum atomic E-state index is 12.9. The van der Waals surface area contributed by atoms with Crippen molar-refractivity contribution >= 4 is 27.6 Å². The molecule has 1 aromatic rings. The lowest BCUT2D eigenvalue weighted by molar-refractivity contribution is -0.144. The molecule has 1 saturated heterocycles. The van der Waals surface area contributed by atoms with Gasteiger partial charge >= 0.3 is 12.1 Å². The zero-order valence-electron chi connectivity index (χ0n) is 13.9. The number of esters is 1. The SMILES string of the molecule is CCOC(=O)CN1CCN(S(=O)(=O)c2cc(C(F)(F)F)ccc2Cl)CC1. The molecule has 0 atom stereocenters. The quantitative estimate of drug-likeness (QED) is 0.691. The molecule has 0 amide bonds. The van der Waals surface area contributed by atoms with E-state index in [-0.39, 0.29) is 44.4 Å². The first-order valence-electron chi connectivity index (χ1n) is 7.80. The summed E-state index contributed by atoms with van der Waals surface area (Å²) < 4.78 is 69.9. The van der Waals surface area contributed by atoms with Crippen LogP contribution in [0.25, 0.3) is 0 Å². The first-order valence-corrected chi connectivity index (χ1v) is 9.62. The minimum atomic E-state index is -4.67. The third-order valence-corrected chi connectivity index (χ3v) is 6.25. The Hall–Kier alpha value is -1.36. The summed E-state index contributed by atoms with van der Waals surface area (Å²) in [5.41, 5.74) is -1.08. The molecule has 0 aliphatic carbocycles. The molecule has 1 aliphatic rings. The van der Waals surface area contributed by atoms with E-state index < -0.39 is 32.6 Å². The van der Waals surface area contributed by atoms with Gasteiger partial charge in [-0.15, -0.1) is 0 Å². The first-order chi connectivity index (χ1) is 12.1. The van der Waals surface area contributed by atoms with Crippen LogP contribution in [0.5, 0.6) is 0 Å². The van der Waals surface area contributed by atoms with Crippen LogP contribution < -0.4 is 0 Å². The van der Waals surface area contributed by atoms with Crippen molar-refractivity contribution < 1.29 is 31.1 Å². The molecule has 6 nitrogen and oxygen atoms in total. The van der Waals surface area contributed by atoms with Gasteiger partial charge in [-0.2, -0.15) is 17.5 Å². The highest BCUT2D eigenvalue weighted by molar-refractivity contribution is 7.89. The van der Waals surface area contributed by atoms with Crippen molar-refractivity contribution in [1.29, 1.82) is 0 Å². The Kier molecular flexibility index (Phi) is 6.54. The standard InChI is InChI=1S/C15H18ClF3N2O4S/c1-2-25-14(22)10-20-5-7-21(8-6-20)26(23,24)13-9-11(15(17,18)19)3-4-12(13)16/h3-4,9H,2,5-8,10H2,1H3. The van der Waals surface area contributed by atoms with E-state index in [0.29, 0.717) is 6.07 Å². The maximum absolute atomic E-state index is 12.9. The molecule has 0 bridgehead atoms. The molecule has 2 rings (SSSR count). The van der Waals surface area contributed by atoms with Gasteiger partial charge in [0.05, 0.1) is 23.7 Å². The smallest absolute Gasteiger partial charge is 0.416 e. The average molecular weight is 415 g/mol. The molecule has 0 aromatic heterocycles. The summed E-state index contributed by atoms with van der Waals surface area (Å²) in [4.78, 5) is 12.6. The molecule has 1 aromatic carbocycles. The summed E-state index contributed by atoms with van der Waals surface area (Å²) in [6.07, 6.45) is -4.67. The number of ether oxygens (including phenoxy) is 1. The van der Waals surface area contributed by atoms with Gasteiger partial charge in [-0.1, -0.05) is 11.6 Å². The van der Waals surface area contributed by atoms with Gasteiger partial charge in [0, 0.05) is 26.2 Å². The second-order valence-electron chi connectivity index (χ2n) is 5.63. The van der Waals surface area contributed by atoms with Crippen molar-refractivity contribution in [3.05, 3.63) is 28.8 Å². The fourth-order valence-corrected chi connectivity index (χ4v) is 4.46. The highest BCUT2D eigenvalue weighted by Crippen LogP contribution is 2.34. The van der Waals surface area contributed by atoms with Gasteiger partial charge in [0.2, 0.25) is 10.0 Å². The van der Waals surface area contributed by atoms with Crippen molar-refractivity contribution in [1.82, 2.24) is 9.21 Å². The molecular formula is C15H18ClF3N2O4S. The van der Waals surface area contributed by atoms with Crippen LogP contribution in [0.15, 0.2) is 23.1 Å². The number of hydrogen-bond acceptors (Lipinski definition) is 5. The molecule has 0 radical (unpaired) electrons. The van der Waals surface area contributed by atoms with Crippen LogP contribution in [-0.4, -0.2) is 62.9 Å². The van der Waals surface area contributed by atoms with Crippen molar-refractivity contribution in [2.24, 2.45) is 0 Å². The zero-order chi connectivity index (χ0) is 19.5. The number of carbonyl (C=O) groups is 1. The molecule has 0 unspecified atom stereocenters. The fourth-order valence-electron chi connectivity index (χ4n) is 2.53. The van der Waals surface area contributed by atoms with E-state index in [1.54, 1.807) is 11.8 Å². The molecule has 1 fully saturated rings. The average Bonchev–Trinajstić information content (AvgIpc) is 2.54. The van der Waals surface area contributed by atoms with Gasteiger partial charge < -0.3 is 4.74 Å². The van der Waals surface area contributed by atoms with Gasteiger partial charge in [0.25, 0.3) is 0 Å². The normalized spacial score (nSPS) is 17.3. The molecule has 26 heavy (non-hydrogen) atoms. The van der Waals surface area contributed by atoms with Crippen LogP contribution in [0.4, 0.5) is 13.2 Å². The number of carbonyl (C=O) groups excluding carboxylic acids is 1. The molecule has 1 aliphatic heterocycles. The molecule has 0 spiro atoms. The second kappa shape index (κ2) is 8.12. The summed E-state index contributed by atoms with van der Waals surface area (Å²) >= 11 is 5.84. The van der Waals surface area contributed by atoms with E-state index in [1.807, 2.05) is 0 Å². The second-order valence-corrected chi connectivity index (χ2v) is 7.94. The van der Waals surface area contributed by atoms with Crippen LogP contribution in [0.3, 0.4) is 0 Å². The van der Waals surface area contributed by atoms with E-state index in [9.17, 15) is 26.4 Å². The highest BCUT2D eigenvalue weighted by atomic mass is 35.5. The van der Waals surface area contributed by atoms with Gasteiger partial charge in [-0.25, -0.2) is 8.42 Å². The predicted octanol–water partition coefficient (Wildman–Crippen LogP) is 2.23. The summed E-state index contributed by atoms with van der Waals surface area (Å²) in [5, 5.41) is -0.271. The van der Waals surface area contributed by atoms with Crippen LogP contribution in [0.1, 0.15) is 12.5 Å². The summed E-state index contributed by atoms with van der Waals surface area (Å²) in [5.74, 6) is -0.412. The summed E-state index contributed by atoms with van der Waals surface area (Å²) in [6, 6.07) is 2.20. The number of rotatable bonds is 5. The van der Waals surface area contributed by atoms with Crippen molar-refractivity contribution in [2.45, 2.75) is 18.0 Å². The van der Waals surface area contributed by atoms with Crippen molar-refractivity contribution in [2.75, 3.05) is 39.3 Å². The third-order valence-electron chi connectivity index (χ3n) is 3.87. The summed E-state index contributed by atoms with van der Waals surface area (Å²) in [6.45, 7) is 2.56. The Morgan fingerprint density at radius 2 is 1.85 bits per heavy atom. The molecule has 146 valence electrons. The molecule has 1 heterocycles. The Bertz CT molecular complexity index is 763. The van der Waals surface area contributed by atoms with Gasteiger partial charge in [0.15, 0.2) is 0 Å². The lowest BCUT2D eigenvalue weighted by atomic mass is 10.2. The fraction of sp³-hybridized carbons (Fsp3) is 0.533. The molecule has 11 heteroatoms. The number of sulfonamides is 1. The Balaban J connectivity index is 2.14. The highest BCUT2D eigenvalue weighted by Gasteiger charge is 2.35. The zero-order valence-corrected chi connectivity index (χ0v) is 15.5. The van der Waals surface area contributed by atoms with E-state index in [4.69, 9.17) is 16.3 Å². The van der Waals surface area contributed by atoms with Crippen molar-refractivity contribution in [3.63, 3.8) is 0 Å². The first kappa shape index (κ1) is 20.9.